The van der Waals surface area contributed by atoms with Crippen molar-refractivity contribution in [2.24, 2.45) is 0 Å². The molecule has 4 atom stereocenters. The van der Waals surface area contributed by atoms with Gasteiger partial charge in [0.2, 0.25) is 34.8 Å². The predicted molar refractivity (Wildman–Crippen MR) is 313 cm³/mol. The third-order valence-corrected chi connectivity index (χ3v) is 18.8. The summed E-state index contributed by atoms with van der Waals surface area (Å²) in [7, 11) is -19.3. The molecule has 30 heteroatoms. The Morgan fingerprint density at radius 2 is 0.589 bits per heavy atom. The lowest BCUT2D eigenvalue weighted by Gasteiger charge is -2.19. The molecular formula is C60H70F8O18S4. The fourth-order valence-electron chi connectivity index (χ4n) is 8.58. The molecule has 0 aromatic heterocycles. The molecule has 6 aromatic carbocycles. The summed E-state index contributed by atoms with van der Waals surface area (Å²) in [4.78, 5) is -2.94. The van der Waals surface area contributed by atoms with Crippen molar-refractivity contribution in [3.63, 3.8) is 0 Å². The maximum atomic E-state index is 16.4. The van der Waals surface area contributed by atoms with E-state index in [9.17, 15) is 33.7 Å². The molecule has 90 heavy (non-hydrogen) atoms. The van der Waals surface area contributed by atoms with Crippen LogP contribution in [0.5, 0.6) is 23.0 Å². The Morgan fingerprint density at radius 1 is 0.344 bits per heavy atom. The SMILES string of the molecule is CCCCOCC(C)OS(=O)(=O)c1ccc2c(Oc3c(F)c(F)c(-c4c(F)c(F)c(Oc5cc(S(=O)(=O)OC(C)COCCCC)cc6cc(S(=O)(=O)OC(C)COCCCC)ccc56)c(F)c4F)c(F)c3F)cc(S(=O)(=O)OC(C)COCCCC)cc2c1. The Labute approximate surface area is 518 Å². The topological polar surface area (TPSA) is 229 Å². The van der Waals surface area contributed by atoms with E-state index in [1.807, 2.05) is 27.7 Å². The molecule has 6 aromatic rings. The number of benzene rings is 6. The van der Waals surface area contributed by atoms with E-state index in [1.165, 1.54) is 27.7 Å². The van der Waals surface area contributed by atoms with Crippen LogP contribution < -0.4 is 9.47 Å². The molecule has 0 fully saturated rings. The molecule has 0 heterocycles. The van der Waals surface area contributed by atoms with Gasteiger partial charge in [-0.05, 0) is 113 Å². The Bertz CT molecular complexity index is 3650. The zero-order valence-electron chi connectivity index (χ0n) is 50.4. The average Bonchev–Trinajstić information content (AvgIpc) is 0.851. The van der Waals surface area contributed by atoms with E-state index in [-0.39, 0.29) is 61.2 Å². The summed E-state index contributed by atoms with van der Waals surface area (Å²) < 4.78 is 294. The standard InChI is InChI=1S/C60H70F8O18S4/c1-9-13-21-77-31-35(5)83-87(69,70)41-17-19-45-39(25-41)27-43(89(73,74)85-37(7)33-79-23-15-11-3)29-47(45)81-59-55(65)51(61)49(52(62)56(59)66)50-53(63)57(67)60(58(68)54(50)64)82-48-30-44(90(75,76)86-38(8)34-80-24-16-12-4)28-40-26-42(18-20-46(40)48)88(71,72)84-36(6)32-78-22-14-10-2/h17-20,25-30,35-38H,9-16,21-24,31-34H2,1-8H3. The van der Waals surface area contributed by atoms with Gasteiger partial charge in [0.15, 0.2) is 23.3 Å². The summed E-state index contributed by atoms with van der Waals surface area (Å²) in [6.07, 6.45) is 1.17. The maximum absolute atomic E-state index is 16.4. The molecule has 6 rings (SSSR count). The minimum Gasteiger partial charge on any atom is -0.450 e. The smallest absolute Gasteiger partial charge is 0.297 e. The molecule has 4 unspecified atom stereocenters. The highest BCUT2D eigenvalue weighted by atomic mass is 32.2. The summed E-state index contributed by atoms with van der Waals surface area (Å²) in [5.74, 6) is -27.4. The van der Waals surface area contributed by atoms with E-state index in [2.05, 4.69) is 0 Å². The second-order valence-electron chi connectivity index (χ2n) is 20.9. The number of hydrogen-bond acceptors (Lipinski definition) is 18. The predicted octanol–water partition coefficient (Wildman–Crippen LogP) is 14.0. The number of unbranched alkanes of at least 4 members (excludes halogenated alkanes) is 4. The first-order chi connectivity index (χ1) is 42.4. The molecule has 0 aliphatic rings. The van der Waals surface area contributed by atoms with E-state index in [0.717, 1.165) is 74.2 Å². The summed E-state index contributed by atoms with van der Waals surface area (Å²) in [6, 6.07) is 8.36. The van der Waals surface area contributed by atoms with Gasteiger partial charge < -0.3 is 28.4 Å². The third kappa shape index (κ3) is 18.4. The summed E-state index contributed by atoms with van der Waals surface area (Å²) in [5, 5.41) is -1.51. The normalized spacial score (nSPS) is 13.9. The van der Waals surface area contributed by atoms with Crippen molar-refractivity contribution in [2.75, 3.05) is 52.9 Å². The van der Waals surface area contributed by atoms with Crippen LogP contribution >= 0.6 is 0 Å². The second kappa shape index (κ2) is 32.3. The monoisotopic (exact) mass is 1360 g/mol. The molecule has 18 nitrogen and oxygen atoms in total. The number of ether oxygens (including phenoxy) is 6. The maximum Gasteiger partial charge on any atom is 0.297 e. The van der Waals surface area contributed by atoms with Gasteiger partial charge in [-0.3, -0.25) is 16.7 Å². The van der Waals surface area contributed by atoms with Crippen molar-refractivity contribution >= 4 is 62.0 Å². The van der Waals surface area contributed by atoms with Crippen LogP contribution in [0, 0.1) is 46.5 Å². The second-order valence-corrected chi connectivity index (χ2v) is 27.2. The summed E-state index contributed by atoms with van der Waals surface area (Å²) in [5.41, 5.74) is -4.77. The van der Waals surface area contributed by atoms with Crippen LogP contribution in [-0.4, -0.2) is 111 Å². The van der Waals surface area contributed by atoms with Crippen LogP contribution in [0.3, 0.4) is 0 Å². The van der Waals surface area contributed by atoms with Crippen molar-refractivity contribution in [3.8, 4) is 34.1 Å². The Kier molecular flexibility index (Phi) is 26.3. The van der Waals surface area contributed by atoms with Crippen molar-refractivity contribution in [3.05, 3.63) is 107 Å². The first-order valence-corrected chi connectivity index (χ1v) is 34.3. The molecule has 0 aliphatic carbocycles. The third-order valence-electron chi connectivity index (χ3n) is 13.1. The van der Waals surface area contributed by atoms with Gasteiger partial charge >= 0.3 is 0 Å². The van der Waals surface area contributed by atoms with E-state index in [1.54, 1.807) is 0 Å². The van der Waals surface area contributed by atoms with Gasteiger partial charge in [0, 0.05) is 49.3 Å². The van der Waals surface area contributed by atoms with Gasteiger partial charge in [-0.2, -0.15) is 51.2 Å². The number of fused-ring (bicyclic) bond motifs is 2. The minimum absolute atomic E-state index is 0.154. The number of rotatable bonds is 37. The van der Waals surface area contributed by atoms with Crippen LogP contribution in [-0.2, 0) is 76.2 Å². The molecular weight excluding hydrogens is 1290 g/mol. The van der Waals surface area contributed by atoms with E-state index >= 15 is 35.1 Å². The fourth-order valence-corrected chi connectivity index (χ4v) is 13.0. The van der Waals surface area contributed by atoms with Crippen molar-refractivity contribution in [1.29, 1.82) is 0 Å². The van der Waals surface area contributed by atoms with E-state index < -0.39 is 165 Å². The highest BCUT2D eigenvalue weighted by Crippen LogP contribution is 2.46. The fraction of sp³-hybridized carbons (Fsp3) is 0.467. The van der Waals surface area contributed by atoms with Gasteiger partial charge in [0.25, 0.3) is 40.5 Å². The molecule has 498 valence electrons. The van der Waals surface area contributed by atoms with E-state index in [4.69, 9.17) is 45.2 Å². The lowest BCUT2D eigenvalue weighted by atomic mass is 10.0. The Balaban J connectivity index is 1.44. The number of hydrogen-bond donors (Lipinski definition) is 0. The van der Waals surface area contributed by atoms with Crippen LogP contribution in [0.4, 0.5) is 35.1 Å². The highest BCUT2D eigenvalue weighted by molar-refractivity contribution is 7.87. The first-order valence-electron chi connectivity index (χ1n) is 28.7. The molecule has 0 aliphatic heterocycles. The zero-order valence-corrected chi connectivity index (χ0v) is 53.7. The molecule has 0 saturated heterocycles. The number of halogens is 8. The zero-order chi connectivity index (χ0) is 66.5. The molecule has 0 saturated carbocycles. The average molecular weight is 1360 g/mol. The highest BCUT2D eigenvalue weighted by Gasteiger charge is 2.37. The van der Waals surface area contributed by atoms with Gasteiger partial charge in [-0.15, -0.1) is 0 Å². The van der Waals surface area contributed by atoms with Gasteiger partial charge in [0.05, 0.1) is 81.6 Å². The quantitative estimate of drug-likeness (QED) is 0.0153. The van der Waals surface area contributed by atoms with Gasteiger partial charge in [-0.1, -0.05) is 53.4 Å². The molecule has 0 amide bonds. The van der Waals surface area contributed by atoms with Crippen LogP contribution in [0.2, 0.25) is 0 Å². The summed E-state index contributed by atoms with van der Waals surface area (Å²) in [6.45, 7) is 13.2. The molecule has 0 radical (unpaired) electrons. The van der Waals surface area contributed by atoms with Crippen LogP contribution in [0.15, 0.2) is 80.2 Å². The van der Waals surface area contributed by atoms with Crippen LogP contribution in [0.1, 0.15) is 107 Å². The van der Waals surface area contributed by atoms with Crippen molar-refractivity contribution < 1.29 is 114 Å². The first kappa shape index (κ1) is 73.4. The van der Waals surface area contributed by atoms with Gasteiger partial charge in [-0.25, -0.2) is 17.6 Å². The van der Waals surface area contributed by atoms with Gasteiger partial charge in [0.1, 0.15) is 11.5 Å². The summed E-state index contributed by atoms with van der Waals surface area (Å²) >= 11 is 0. The molecule has 0 spiro atoms. The Hall–Kier alpha value is -5.64. The molecule has 0 bridgehead atoms. The molecule has 0 N–H and O–H groups in total. The van der Waals surface area contributed by atoms with Crippen molar-refractivity contribution in [2.45, 2.75) is 151 Å². The Morgan fingerprint density at radius 3 is 0.844 bits per heavy atom. The van der Waals surface area contributed by atoms with Crippen molar-refractivity contribution in [1.82, 2.24) is 0 Å². The van der Waals surface area contributed by atoms with Crippen LogP contribution in [0.25, 0.3) is 32.7 Å². The lowest BCUT2D eigenvalue weighted by Crippen LogP contribution is -2.21. The lowest BCUT2D eigenvalue weighted by molar-refractivity contribution is 0.0601. The largest absolute Gasteiger partial charge is 0.450 e. The minimum atomic E-state index is -4.98. The van der Waals surface area contributed by atoms with E-state index in [0.29, 0.717) is 51.0 Å².